The highest BCUT2D eigenvalue weighted by Gasteiger charge is 2.34. The zero-order valence-electron chi connectivity index (χ0n) is 14.0. The molecule has 2 unspecified atom stereocenters. The Balaban J connectivity index is 1.60. The van der Waals surface area contributed by atoms with Crippen LogP contribution in [0.5, 0.6) is 5.75 Å². The molecular weight excluding hydrogens is 290 g/mol. The lowest BCUT2D eigenvalue weighted by atomic mass is 9.99. The molecule has 5 nitrogen and oxygen atoms in total. The second kappa shape index (κ2) is 7.32. The van der Waals surface area contributed by atoms with Crippen molar-refractivity contribution in [1.82, 2.24) is 15.5 Å². The number of rotatable bonds is 6. The maximum absolute atomic E-state index is 12.6. The van der Waals surface area contributed by atoms with Crippen LogP contribution in [-0.4, -0.2) is 56.2 Å². The number of nitrogens with one attached hydrogen (secondary N) is 2. The van der Waals surface area contributed by atoms with Gasteiger partial charge in [0, 0.05) is 24.7 Å². The highest BCUT2D eigenvalue weighted by Crippen LogP contribution is 2.27. The molecule has 0 spiro atoms. The summed E-state index contributed by atoms with van der Waals surface area (Å²) in [6, 6.07) is 8.94. The van der Waals surface area contributed by atoms with Crippen LogP contribution in [0.15, 0.2) is 24.3 Å². The van der Waals surface area contributed by atoms with E-state index in [4.69, 9.17) is 4.74 Å². The van der Waals surface area contributed by atoms with Crippen molar-refractivity contribution in [2.24, 2.45) is 0 Å². The lowest BCUT2D eigenvalue weighted by Crippen LogP contribution is -2.48. The summed E-state index contributed by atoms with van der Waals surface area (Å²) in [4.78, 5) is 14.7. The number of para-hydroxylation sites is 1. The minimum atomic E-state index is -0.0169. The number of fused-ring (bicyclic) bond motifs is 2. The van der Waals surface area contributed by atoms with E-state index in [1.165, 1.54) is 12.8 Å². The summed E-state index contributed by atoms with van der Waals surface area (Å²) in [5.41, 5.74) is 0.636. The van der Waals surface area contributed by atoms with E-state index in [1.54, 1.807) is 0 Å². The van der Waals surface area contributed by atoms with Crippen molar-refractivity contribution in [3.8, 4) is 5.75 Å². The largest absolute Gasteiger partial charge is 0.491 e. The monoisotopic (exact) mass is 317 g/mol. The van der Waals surface area contributed by atoms with Crippen LogP contribution in [0.2, 0.25) is 0 Å². The second-order valence-corrected chi connectivity index (χ2v) is 6.93. The van der Waals surface area contributed by atoms with Crippen LogP contribution in [0.25, 0.3) is 0 Å². The number of amides is 1. The highest BCUT2D eigenvalue weighted by molar-refractivity contribution is 5.97. The molecule has 126 valence electrons. The van der Waals surface area contributed by atoms with Gasteiger partial charge in [0.1, 0.15) is 12.4 Å². The number of hydrogen-bond acceptors (Lipinski definition) is 4. The fourth-order valence-electron chi connectivity index (χ4n) is 3.56. The van der Waals surface area contributed by atoms with Crippen molar-refractivity contribution in [2.45, 2.75) is 43.8 Å². The van der Waals surface area contributed by atoms with E-state index in [2.05, 4.69) is 15.5 Å². The van der Waals surface area contributed by atoms with E-state index >= 15 is 0 Å². The smallest absolute Gasteiger partial charge is 0.255 e. The van der Waals surface area contributed by atoms with Crippen molar-refractivity contribution in [3.05, 3.63) is 29.8 Å². The second-order valence-electron chi connectivity index (χ2n) is 6.93. The van der Waals surface area contributed by atoms with E-state index in [-0.39, 0.29) is 11.9 Å². The van der Waals surface area contributed by atoms with E-state index in [9.17, 15) is 4.79 Å². The molecule has 2 heterocycles. The van der Waals surface area contributed by atoms with Crippen LogP contribution in [0.3, 0.4) is 0 Å². The Morgan fingerprint density at radius 2 is 1.96 bits per heavy atom. The molecule has 2 atom stereocenters. The zero-order valence-corrected chi connectivity index (χ0v) is 14.0. The quantitative estimate of drug-likeness (QED) is 0.837. The van der Waals surface area contributed by atoms with Crippen LogP contribution in [-0.2, 0) is 0 Å². The molecule has 0 radical (unpaired) electrons. The zero-order chi connectivity index (χ0) is 16.2. The molecule has 0 aromatic heterocycles. The molecule has 2 saturated heterocycles. The van der Waals surface area contributed by atoms with Gasteiger partial charge in [0.25, 0.3) is 5.91 Å². The number of benzene rings is 1. The van der Waals surface area contributed by atoms with Gasteiger partial charge in [0.05, 0.1) is 5.56 Å². The van der Waals surface area contributed by atoms with E-state index < -0.39 is 0 Å². The summed E-state index contributed by atoms with van der Waals surface area (Å²) in [7, 11) is 4.01. The van der Waals surface area contributed by atoms with Crippen LogP contribution >= 0.6 is 0 Å². The molecule has 2 N–H and O–H groups in total. The summed E-state index contributed by atoms with van der Waals surface area (Å²) in [6.07, 6.45) is 4.54. The molecular formula is C18H27N3O2. The normalized spacial score (nSPS) is 26.3. The highest BCUT2D eigenvalue weighted by atomic mass is 16.5. The van der Waals surface area contributed by atoms with Gasteiger partial charge < -0.3 is 20.3 Å². The SMILES string of the molecule is CN(C)CCOc1ccccc1C(=O)NC1CC2CCC(C1)N2. The molecule has 2 aliphatic rings. The van der Waals surface area contributed by atoms with Crippen molar-refractivity contribution in [1.29, 1.82) is 0 Å². The third kappa shape index (κ3) is 4.24. The van der Waals surface area contributed by atoms with Gasteiger partial charge in [-0.05, 0) is 51.9 Å². The molecule has 2 aliphatic heterocycles. The van der Waals surface area contributed by atoms with E-state index in [0.29, 0.717) is 30.0 Å². The average molecular weight is 317 g/mol. The number of ether oxygens (including phenoxy) is 1. The number of nitrogens with zero attached hydrogens (tertiary/aromatic N) is 1. The summed E-state index contributed by atoms with van der Waals surface area (Å²) in [5, 5.41) is 6.81. The number of likely N-dealkylation sites (N-methyl/N-ethyl adjacent to an activating group) is 1. The number of carbonyl (C=O) groups is 1. The lowest BCUT2D eigenvalue weighted by Gasteiger charge is -2.29. The minimum absolute atomic E-state index is 0.0169. The van der Waals surface area contributed by atoms with Crippen molar-refractivity contribution >= 4 is 5.91 Å². The molecule has 3 rings (SSSR count). The van der Waals surface area contributed by atoms with Crippen molar-refractivity contribution < 1.29 is 9.53 Å². The van der Waals surface area contributed by atoms with Gasteiger partial charge in [0.15, 0.2) is 0 Å². The minimum Gasteiger partial charge on any atom is -0.491 e. The fourth-order valence-corrected chi connectivity index (χ4v) is 3.56. The Bertz CT molecular complexity index is 535. The molecule has 1 amide bonds. The average Bonchev–Trinajstić information content (AvgIpc) is 2.86. The molecule has 1 aromatic rings. The van der Waals surface area contributed by atoms with Crippen LogP contribution < -0.4 is 15.4 Å². The Morgan fingerprint density at radius 3 is 2.65 bits per heavy atom. The summed E-state index contributed by atoms with van der Waals surface area (Å²) in [5.74, 6) is 0.653. The third-order valence-electron chi connectivity index (χ3n) is 4.74. The first-order valence-corrected chi connectivity index (χ1v) is 8.55. The van der Waals surface area contributed by atoms with E-state index in [1.807, 2.05) is 38.4 Å². The predicted molar refractivity (Wildman–Crippen MR) is 90.9 cm³/mol. The van der Waals surface area contributed by atoms with Gasteiger partial charge >= 0.3 is 0 Å². The van der Waals surface area contributed by atoms with Crippen LogP contribution in [0.4, 0.5) is 0 Å². The first-order valence-electron chi connectivity index (χ1n) is 8.55. The Hall–Kier alpha value is -1.59. The molecule has 5 heteroatoms. The Morgan fingerprint density at radius 1 is 1.26 bits per heavy atom. The third-order valence-corrected chi connectivity index (χ3v) is 4.74. The number of carbonyl (C=O) groups excluding carboxylic acids is 1. The molecule has 0 saturated carbocycles. The first-order chi connectivity index (χ1) is 11.1. The van der Waals surface area contributed by atoms with Crippen LogP contribution in [0.1, 0.15) is 36.0 Å². The molecule has 0 aliphatic carbocycles. The number of piperidine rings is 1. The molecule has 23 heavy (non-hydrogen) atoms. The topological polar surface area (TPSA) is 53.6 Å². The molecule has 2 bridgehead atoms. The van der Waals surface area contributed by atoms with Gasteiger partial charge in [0.2, 0.25) is 0 Å². The number of hydrogen-bond donors (Lipinski definition) is 2. The maximum Gasteiger partial charge on any atom is 0.255 e. The van der Waals surface area contributed by atoms with Gasteiger partial charge in [-0.2, -0.15) is 0 Å². The Kier molecular flexibility index (Phi) is 5.18. The van der Waals surface area contributed by atoms with Gasteiger partial charge in [-0.25, -0.2) is 0 Å². The van der Waals surface area contributed by atoms with E-state index in [0.717, 1.165) is 19.4 Å². The standard InChI is InChI=1S/C18H27N3O2/c1-21(2)9-10-23-17-6-4-3-5-16(17)18(22)20-15-11-13-7-8-14(12-15)19-13/h3-6,13-15,19H,7-12H2,1-2H3,(H,20,22). The van der Waals surface area contributed by atoms with Crippen molar-refractivity contribution in [2.75, 3.05) is 27.2 Å². The van der Waals surface area contributed by atoms with Crippen LogP contribution in [0, 0.1) is 0 Å². The summed E-state index contributed by atoms with van der Waals surface area (Å²) >= 11 is 0. The van der Waals surface area contributed by atoms with Gasteiger partial charge in [-0.3, -0.25) is 4.79 Å². The fraction of sp³-hybridized carbons (Fsp3) is 0.611. The lowest BCUT2D eigenvalue weighted by molar-refractivity contribution is 0.0919. The summed E-state index contributed by atoms with van der Waals surface area (Å²) < 4.78 is 5.80. The summed E-state index contributed by atoms with van der Waals surface area (Å²) in [6.45, 7) is 1.41. The van der Waals surface area contributed by atoms with Gasteiger partial charge in [-0.15, -0.1) is 0 Å². The maximum atomic E-state index is 12.6. The Labute approximate surface area is 138 Å². The first kappa shape index (κ1) is 16.3. The molecule has 2 fully saturated rings. The molecule has 1 aromatic carbocycles. The predicted octanol–water partition coefficient (Wildman–Crippen LogP) is 1.64. The van der Waals surface area contributed by atoms with Crippen molar-refractivity contribution in [3.63, 3.8) is 0 Å². The van der Waals surface area contributed by atoms with Gasteiger partial charge in [-0.1, -0.05) is 12.1 Å².